The molecule has 1 unspecified atom stereocenters. The van der Waals surface area contributed by atoms with Crippen LogP contribution >= 0.6 is 0 Å². The molecule has 0 saturated carbocycles. The number of hydrogen-bond acceptors (Lipinski definition) is 6. The molecular formula is C30H34O7. The van der Waals surface area contributed by atoms with Crippen molar-refractivity contribution in [2.75, 3.05) is 35.0 Å². The number of benzene rings is 3. The van der Waals surface area contributed by atoms with Crippen LogP contribution in [0.25, 0.3) is 12.2 Å². The van der Waals surface area contributed by atoms with Crippen LogP contribution in [-0.4, -0.2) is 46.1 Å². The monoisotopic (exact) mass is 506 g/mol. The van der Waals surface area contributed by atoms with E-state index in [2.05, 4.69) is 6.92 Å². The standard InChI is InChI=1S/C30H34O7/c1-6-7-14-37-23-12-9-20(10-13-23)8-11-21-15-26(35-4)19-27(36-5)28(21)29(30(31)32)22-16-24(33-2)18-25(17-22)34-3/h8-13,15-19,29H,6-7,14H2,1-5H3,(H,31,32)/b11-8+. The molecule has 7 heteroatoms. The smallest absolute Gasteiger partial charge is 0.315 e. The molecular weight excluding hydrogens is 472 g/mol. The van der Waals surface area contributed by atoms with E-state index < -0.39 is 11.9 Å². The Labute approximate surface area is 218 Å². The molecule has 7 nitrogen and oxygen atoms in total. The van der Waals surface area contributed by atoms with Crippen molar-refractivity contribution < 1.29 is 33.6 Å². The third-order valence-electron chi connectivity index (χ3n) is 5.95. The van der Waals surface area contributed by atoms with E-state index in [4.69, 9.17) is 23.7 Å². The van der Waals surface area contributed by atoms with Crippen molar-refractivity contribution in [1.82, 2.24) is 0 Å². The summed E-state index contributed by atoms with van der Waals surface area (Å²) in [5.41, 5.74) is 2.57. The molecule has 0 aliphatic carbocycles. The van der Waals surface area contributed by atoms with Crippen molar-refractivity contribution in [2.45, 2.75) is 25.7 Å². The van der Waals surface area contributed by atoms with Crippen LogP contribution in [0.3, 0.4) is 0 Å². The highest BCUT2D eigenvalue weighted by atomic mass is 16.5. The molecule has 0 aliphatic rings. The van der Waals surface area contributed by atoms with Crippen molar-refractivity contribution in [1.29, 1.82) is 0 Å². The van der Waals surface area contributed by atoms with Crippen molar-refractivity contribution in [3.05, 3.63) is 76.9 Å². The van der Waals surface area contributed by atoms with Gasteiger partial charge in [0.15, 0.2) is 0 Å². The van der Waals surface area contributed by atoms with Crippen LogP contribution in [0.4, 0.5) is 0 Å². The van der Waals surface area contributed by atoms with E-state index in [1.165, 1.54) is 21.3 Å². The van der Waals surface area contributed by atoms with Gasteiger partial charge in [0.2, 0.25) is 0 Å². The number of hydrogen-bond donors (Lipinski definition) is 1. The Balaban J connectivity index is 2.09. The summed E-state index contributed by atoms with van der Waals surface area (Å²) in [5, 5.41) is 10.4. The summed E-state index contributed by atoms with van der Waals surface area (Å²) in [7, 11) is 6.11. The Morgan fingerprint density at radius 1 is 0.811 bits per heavy atom. The summed E-state index contributed by atoms with van der Waals surface area (Å²) in [4.78, 5) is 12.7. The van der Waals surface area contributed by atoms with E-state index in [0.717, 1.165) is 24.2 Å². The molecule has 0 saturated heterocycles. The number of methoxy groups -OCH3 is 4. The zero-order valence-electron chi connectivity index (χ0n) is 21.9. The Bertz CT molecular complexity index is 1190. The second kappa shape index (κ2) is 13.3. The maximum absolute atomic E-state index is 12.7. The van der Waals surface area contributed by atoms with Gasteiger partial charge in [0.1, 0.15) is 34.7 Å². The van der Waals surface area contributed by atoms with E-state index in [1.807, 2.05) is 36.4 Å². The summed E-state index contributed by atoms with van der Waals surface area (Å²) in [6.45, 7) is 2.81. The van der Waals surface area contributed by atoms with Gasteiger partial charge in [-0.1, -0.05) is 37.6 Å². The summed E-state index contributed by atoms with van der Waals surface area (Å²) in [6, 6.07) is 16.3. The fourth-order valence-corrected chi connectivity index (χ4v) is 3.98. The van der Waals surface area contributed by atoms with Crippen molar-refractivity contribution >= 4 is 18.1 Å². The number of ether oxygens (including phenoxy) is 5. The summed E-state index contributed by atoms with van der Waals surface area (Å²) < 4.78 is 27.6. The molecule has 1 N–H and O–H groups in total. The van der Waals surface area contributed by atoms with Crippen LogP contribution < -0.4 is 23.7 Å². The van der Waals surface area contributed by atoms with E-state index in [1.54, 1.807) is 37.4 Å². The average Bonchev–Trinajstić information content (AvgIpc) is 2.92. The molecule has 3 aromatic rings. The van der Waals surface area contributed by atoms with Gasteiger partial charge < -0.3 is 28.8 Å². The zero-order chi connectivity index (χ0) is 26.8. The Morgan fingerprint density at radius 3 is 1.97 bits per heavy atom. The highest BCUT2D eigenvalue weighted by molar-refractivity contribution is 5.86. The van der Waals surface area contributed by atoms with E-state index in [9.17, 15) is 9.90 Å². The van der Waals surface area contributed by atoms with Crippen LogP contribution in [-0.2, 0) is 4.79 Å². The number of unbranched alkanes of at least 4 members (excludes halogenated alkanes) is 1. The second-order valence-electron chi connectivity index (χ2n) is 8.35. The van der Waals surface area contributed by atoms with Gasteiger partial charge >= 0.3 is 5.97 Å². The first kappa shape index (κ1) is 27.5. The first-order valence-corrected chi connectivity index (χ1v) is 12.1. The molecule has 0 aromatic heterocycles. The van der Waals surface area contributed by atoms with Crippen LogP contribution in [0.2, 0.25) is 0 Å². The molecule has 0 amide bonds. The highest BCUT2D eigenvalue weighted by Gasteiger charge is 2.29. The SMILES string of the molecule is CCCCOc1ccc(/C=C/c2cc(OC)cc(OC)c2C(C(=O)O)c2cc(OC)cc(OC)c2)cc1. The van der Waals surface area contributed by atoms with Gasteiger partial charge in [-0.3, -0.25) is 4.79 Å². The fraction of sp³-hybridized carbons (Fsp3) is 0.300. The number of aliphatic carboxylic acids is 1. The molecule has 196 valence electrons. The Kier molecular flexibility index (Phi) is 9.84. The van der Waals surface area contributed by atoms with E-state index >= 15 is 0 Å². The Morgan fingerprint density at radius 2 is 1.43 bits per heavy atom. The van der Waals surface area contributed by atoms with Crippen LogP contribution in [0.15, 0.2) is 54.6 Å². The van der Waals surface area contributed by atoms with Gasteiger partial charge in [-0.2, -0.15) is 0 Å². The van der Waals surface area contributed by atoms with Crippen molar-refractivity contribution in [3.63, 3.8) is 0 Å². The third-order valence-corrected chi connectivity index (χ3v) is 5.95. The number of rotatable bonds is 13. The molecule has 0 aliphatic heterocycles. The molecule has 0 heterocycles. The third kappa shape index (κ3) is 6.97. The fourth-order valence-electron chi connectivity index (χ4n) is 3.98. The largest absolute Gasteiger partial charge is 0.497 e. The minimum Gasteiger partial charge on any atom is -0.497 e. The Hall–Kier alpha value is -4.13. The minimum atomic E-state index is -1.06. The molecule has 3 rings (SSSR count). The topological polar surface area (TPSA) is 83.5 Å². The average molecular weight is 507 g/mol. The minimum absolute atomic E-state index is 0.396. The molecule has 1 atom stereocenters. The molecule has 3 aromatic carbocycles. The van der Waals surface area contributed by atoms with Crippen LogP contribution in [0.5, 0.6) is 28.7 Å². The van der Waals surface area contributed by atoms with Gasteiger partial charge in [0, 0.05) is 17.7 Å². The number of carboxylic acids is 1. The predicted octanol–water partition coefficient (Wildman–Crippen LogP) is 6.29. The quantitative estimate of drug-likeness (QED) is 0.216. The summed E-state index contributed by atoms with van der Waals surface area (Å²) in [5.74, 6) is 0.645. The van der Waals surface area contributed by atoms with Crippen LogP contribution in [0.1, 0.15) is 47.9 Å². The summed E-state index contributed by atoms with van der Waals surface area (Å²) in [6.07, 6.45) is 5.86. The molecule has 0 radical (unpaired) electrons. The van der Waals surface area contributed by atoms with Crippen molar-refractivity contribution in [3.8, 4) is 28.7 Å². The lowest BCUT2D eigenvalue weighted by Crippen LogP contribution is -2.16. The lowest BCUT2D eigenvalue weighted by Gasteiger charge is -2.21. The maximum atomic E-state index is 12.7. The van der Waals surface area contributed by atoms with Gasteiger partial charge in [-0.25, -0.2) is 0 Å². The van der Waals surface area contributed by atoms with E-state index in [-0.39, 0.29) is 0 Å². The molecule has 0 fully saturated rings. The lowest BCUT2D eigenvalue weighted by atomic mass is 9.86. The van der Waals surface area contributed by atoms with Gasteiger partial charge in [-0.15, -0.1) is 0 Å². The lowest BCUT2D eigenvalue weighted by molar-refractivity contribution is -0.137. The van der Waals surface area contributed by atoms with Gasteiger partial charge in [0.05, 0.1) is 35.0 Å². The van der Waals surface area contributed by atoms with Crippen LogP contribution in [0, 0.1) is 0 Å². The van der Waals surface area contributed by atoms with Gasteiger partial charge in [-0.05, 0) is 53.4 Å². The molecule has 0 bridgehead atoms. The zero-order valence-corrected chi connectivity index (χ0v) is 21.9. The highest BCUT2D eigenvalue weighted by Crippen LogP contribution is 2.41. The molecule has 0 spiro atoms. The predicted molar refractivity (Wildman–Crippen MR) is 144 cm³/mol. The molecule has 37 heavy (non-hydrogen) atoms. The van der Waals surface area contributed by atoms with E-state index in [0.29, 0.717) is 46.3 Å². The van der Waals surface area contributed by atoms with Crippen molar-refractivity contribution in [2.24, 2.45) is 0 Å². The summed E-state index contributed by atoms with van der Waals surface area (Å²) >= 11 is 0. The second-order valence-corrected chi connectivity index (χ2v) is 8.35. The number of carbonyl (C=O) groups is 1. The maximum Gasteiger partial charge on any atom is 0.315 e. The first-order chi connectivity index (χ1) is 17.9. The van der Waals surface area contributed by atoms with Gasteiger partial charge in [0.25, 0.3) is 0 Å². The first-order valence-electron chi connectivity index (χ1n) is 12.1. The number of carboxylic acid groups (broad SMARTS) is 1. The normalized spacial score (nSPS) is 11.7.